The first-order chi connectivity index (χ1) is 15.7. The van der Waals surface area contributed by atoms with Crippen molar-refractivity contribution in [3.63, 3.8) is 0 Å². The number of benzene rings is 4. The maximum absolute atomic E-state index is 13.6. The smallest absolute Gasteiger partial charge is 0.254 e. The second-order valence-electron chi connectivity index (χ2n) is 7.72. The number of ether oxygens (including phenoxy) is 3. The highest BCUT2D eigenvalue weighted by Crippen LogP contribution is 2.33. The molecule has 1 aliphatic rings. The highest BCUT2D eigenvalue weighted by Gasteiger charge is 2.21. The average molecular weight is 425 g/mol. The van der Waals surface area contributed by atoms with E-state index in [0.717, 1.165) is 27.6 Å². The molecule has 4 aromatic rings. The fraction of sp³-hybridized carbons (Fsp3) is 0.148. The third-order valence-electron chi connectivity index (χ3n) is 5.68. The molecule has 0 aromatic heterocycles. The minimum absolute atomic E-state index is 0.0629. The first-order valence-corrected chi connectivity index (χ1v) is 10.5. The van der Waals surface area contributed by atoms with Crippen molar-refractivity contribution >= 4 is 16.7 Å². The molecule has 1 amide bonds. The first kappa shape index (κ1) is 19.9. The quantitative estimate of drug-likeness (QED) is 0.414. The van der Waals surface area contributed by atoms with Crippen molar-refractivity contribution in [2.75, 3.05) is 13.9 Å². The summed E-state index contributed by atoms with van der Waals surface area (Å²) >= 11 is 0. The van der Waals surface area contributed by atoms with E-state index in [9.17, 15) is 4.79 Å². The Labute approximate surface area is 186 Å². The molecule has 0 radical (unpaired) electrons. The van der Waals surface area contributed by atoms with E-state index in [4.69, 9.17) is 14.2 Å². The minimum Gasteiger partial charge on any atom is -0.497 e. The minimum atomic E-state index is -0.0629. The molecule has 0 saturated heterocycles. The van der Waals surface area contributed by atoms with Gasteiger partial charge in [-0.25, -0.2) is 0 Å². The largest absolute Gasteiger partial charge is 0.497 e. The van der Waals surface area contributed by atoms with E-state index >= 15 is 0 Å². The van der Waals surface area contributed by atoms with Crippen LogP contribution in [0.15, 0.2) is 84.9 Å². The molecule has 1 aliphatic heterocycles. The summed E-state index contributed by atoms with van der Waals surface area (Å²) in [5.74, 6) is 1.99. The summed E-state index contributed by atoms with van der Waals surface area (Å²) in [6.45, 7) is 1.14. The van der Waals surface area contributed by atoms with E-state index < -0.39 is 0 Å². The number of hydrogen-bond donors (Lipinski definition) is 0. The summed E-state index contributed by atoms with van der Waals surface area (Å²) in [5.41, 5.74) is 2.70. The van der Waals surface area contributed by atoms with Crippen molar-refractivity contribution in [3.8, 4) is 17.2 Å². The van der Waals surface area contributed by atoms with Gasteiger partial charge in [0, 0.05) is 18.7 Å². The lowest BCUT2D eigenvalue weighted by molar-refractivity contribution is 0.0730. The Morgan fingerprint density at radius 3 is 2.50 bits per heavy atom. The Morgan fingerprint density at radius 1 is 0.875 bits per heavy atom. The number of carbonyl (C=O) groups excluding carboxylic acids is 1. The predicted molar refractivity (Wildman–Crippen MR) is 123 cm³/mol. The van der Waals surface area contributed by atoms with Gasteiger partial charge in [0.2, 0.25) is 6.79 Å². The highest BCUT2D eigenvalue weighted by molar-refractivity contribution is 5.95. The normalized spacial score (nSPS) is 12.0. The molecule has 0 saturated carbocycles. The molecule has 5 heteroatoms. The van der Waals surface area contributed by atoms with Gasteiger partial charge < -0.3 is 19.1 Å². The summed E-state index contributed by atoms with van der Waals surface area (Å²) in [4.78, 5) is 15.5. The lowest BCUT2D eigenvalue weighted by Gasteiger charge is -2.24. The number of carbonyl (C=O) groups is 1. The zero-order chi connectivity index (χ0) is 21.9. The van der Waals surface area contributed by atoms with Gasteiger partial charge in [-0.15, -0.1) is 0 Å². The molecule has 5 rings (SSSR count). The number of fused-ring (bicyclic) bond motifs is 2. The lowest BCUT2D eigenvalue weighted by atomic mass is 10.0. The van der Waals surface area contributed by atoms with Crippen LogP contribution >= 0.6 is 0 Å². The fourth-order valence-corrected chi connectivity index (χ4v) is 4.00. The number of amides is 1. The Hall–Kier alpha value is -3.99. The first-order valence-electron chi connectivity index (χ1n) is 10.5. The Bertz CT molecular complexity index is 1260. The Kier molecular flexibility index (Phi) is 5.38. The van der Waals surface area contributed by atoms with E-state index in [2.05, 4.69) is 24.3 Å². The van der Waals surface area contributed by atoms with Crippen molar-refractivity contribution < 1.29 is 19.0 Å². The molecule has 0 unspecified atom stereocenters. The molecular formula is C27H23NO4. The molecule has 4 aromatic carbocycles. The maximum atomic E-state index is 13.6. The average Bonchev–Trinajstić information content (AvgIpc) is 3.32. The molecule has 160 valence electrons. The van der Waals surface area contributed by atoms with Crippen LogP contribution in [0, 0.1) is 0 Å². The van der Waals surface area contributed by atoms with Gasteiger partial charge in [-0.1, -0.05) is 54.6 Å². The van der Waals surface area contributed by atoms with Gasteiger partial charge in [-0.3, -0.25) is 4.79 Å². The van der Waals surface area contributed by atoms with Gasteiger partial charge in [0.05, 0.1) is 7.11 Å². The zero-order valence-electron chi connectivity index (χ0n) is 17.8. The molecular weight excluding hydrogens is 402 g/mol. The van der Waals surface area contributed by atoms with Gasteiger partial charge in [-0.05, 0) is 52.2 Å². The Balaban J connectivity index is 1.49. The maximum Gasteiger partial charge on any atom is 0.254 e. The van der Waals surface area contributed by atoms with Crippen LogP contribution in [0.1, 0.15) is 21.5 Å². The topological polar surface area (TPSA) is 48.0 Å². The van der Waals surface area contributed by atoms with Crippen LogP contribution in [0.5, 0.6) is 17.2 Å². The van der Waals surface area contributed by atoms with E-state index in [1.54, 1.807) is 25.3 Å². The summed E-state index contributed by atoms with van der Waals surface area (Å²) in [7, 11) is 1.64. The van der Waals surface area contributed by atoms with E-state index in [1.165, 1.54) is 0 Å². The van der Waals surface area contributed by atoms with Gasteiger partial charge in [0.25, 0.3) is 5.91 Å². The van der Waals surface area contributed by atoms with Crippen LogP contribution in [0.3, 0.4) is 0 Å². The van der Waals surface area contributed by atoms with Crippen LogP contribution in [0.25, 0.3) is 10.8 Å². The van der Waals surface area contributed by atoms with Crippen LogP contribution in [0.4, 0.5) is 0 Å². The molecule has 32 heavy (non-hydrogen) atoms. The number of hydrogen-bond acceptors (Lipinski definition) is 4. The molecule has 0 bridgehead atoms. The number of rotatable bonds is 6. The highest BCUT2D eigenvalue weighted by atomic mass is 16.7. The zero-order valence-corrected chi connectivity index (χ0v) is 17.8. The molecule has 1 heterocycles. The van der Waals surface area contributed by atoms with Crippen molar-refractivity contribution in [2.24, 2.45) is 0 Å². The van der Waals surface area contributed by atoms with Gasteiger partial charge in [0.1, 0.15) is 5.75 Å². The second-order valence-corrected chi connectivity index (χ2v) is 7.72. The van der Waals surface area contributed by atoms with Gasteiger partial charge in [-0.2, -0.15) is 0 Å². The van der Waals surface area contributed by atoms with Gasteiger partial charge >= 0.3 is 0 Å². The molecule has 5 nitrogen and oxygen atoms in total. The van der Waals surface area contributed by atoms with Crippen molar-refractivity contribution in [1.29, 1.82) is 0 Å². The van der Waals surface area contributed by atoms with Crippen molar-refractivity contribution in [2.45, 2.75) is 13.1 Å². The van der Waals surface area contributed by atoms with E-state index in [0.29, 0.717) is 30.2 Å². The third kappa shape index (κ3) is 3.97. The van der Waals surface area contributed by atoms with Crippen LogP contribution in [0.2, 0.25) is 0 Å². The molecule has 0 atom stereocenters. The Morgan fingerprint density at radius 2 is 1.66 bits per heavy atom. The van der Waals surface area contributed by atoms with E-state index in [1.807, 2.05) is 47.4 Å². The van der Waals surface area contributed by atoms with E-state index in [-0.39, 0.29) is 12.7 Å². The summed E-state index contributed by atoms with van der Waals surface area (Å²) < 4.78 is 16.1. The summed E-state index contributed by atoms with van der Waals surface area (Å²) in [5, 5.41) is 2.30. The lowest BCUT2D eigenvalue weighted by Crippen LogP contribution is -2.30. The second kappa shape index (κ2) is 8.63. The SMILES string of the molecule is COc1ccc(CN(Cc2cccc3ccccc23)C(=O)c2ccc3c(c2)OCO3)cc1. The summed E-state index contributed by atoms with van der Waals surface area (Å²) in [6.07, 6.45) is 0. The summed E-state index contributed by atoms with van der Waals surface area (Å²) in [6, 6.07) is 27.6. The van der Waals surface area contributed by atoms with Crippen molar-refractivity contribution in [3.05, 3.63) is 102 Å². The van der Waals surface area contributed by atoms with Crippen LogP contribution in [-0.2, 0) is 13.1 Å². The molecule has 0 fully saturated rings. The third-order valence-corrected chi connectivity index (χ3v) is 5.68. The molecule has 0 spiro atoms. The molecule has 0 N–H and O–H groups in total. The van der Waals surface area contributed by atoms with Crippen LogP contribution < -0.4 is 14.2 Å². The van der Waals surface area contributed by atoms with Gasteiger partial charge in [0.15, 0.2) is 11.5 Å². The molecule has 0 aliphatic carbocycles. The number of nitrogens with zero attached hydrogens (tertiary/aromatic N) is 1. The fourth-order valence-electron chi connectivity index (χ4n) is 4.00. The predicted octanol–water partition coefficient (Wildman–Crippen LogP) is 5.42. The van der Waals surface area contributed by atoms with Crippen LogP contribution in [-0.4, -0.2) is 24.7 Å². The standard InChI is InChI=1S/C27H23NO4/c1-30-23-12-9-19(10-13-23)16-28(17-22-7-4-6-20-5-2-3-8-24(20)22)27(29)21-11-14-25-26(15-21)32-18-31-25/h2-15H,16-18H2,1H3. The van der Waals surface area contributed by atoms with Crippen molar-refractivity contribution in [1.82, 2.24) is 4.90 Å². The number of methoxy groups -OCH3 is 1. The monoisotopic (exact) mass is 425 g/mol.